The van der Waals surface area contributed by atoms with Gasteiger partial charge in [0.15, 0.2) is 5.82 Å². The molecule has 4 rings (SSSR count). The average molecular weight is 459 g/mol. The molecule has 11 heteroatoms. The molecule has 2 aliphatic rings. The predicted molar refractivity (Wildman–Crippen MR) is 117 cm³/mol. The van der Waals surface area contributed by atoms with E-state index in [9.17, 15) is 23.9 Å². The quantitative estimate of drug-likeness (QED) is 0.444. The van der Waals surface area contributed by atoms with Crippen LogP contribution in [-0.2, 0) is 9.36 Å². The summed E-state index contributed by atoms with van der Waals surface area (Å²) in [4.78, 5) is 55.5. The Morgan fingerprint density at radius 1 is 1.16 bits per heavy atom. The number of nitrogens with zero attached hydrogens (tertiary/aromatic N) is 3. The van der Waals surface area contributed by atoms with Crippen LogP contribution >= 0.6 is 7.60 Å². The Kier molecular flexibility index (Phi) is 6.66. The van der Waals surface area contributed by atoms with Crippen LogP contribution in [-0.4, -0.2) is 74.9 Å². The van der Waals surface area contributed by atoms with Crippen LogP contribution in [0.3, 0.4) is 0 Å². The first-order valence-electron chi connectivity index (χ1n) is 10.6. The Morgan fingerprint density at radius 3 is 2.47 bits per heavy atom. The number of piperazine rings is 1. The molecule has 0 radical (unpaired) electrons. The summed E-state index contributed by atoms with van der Waals surface area (Å²) in [6.45, 7) is 1.98. The highest BCUT2D eigenvalue weighted by Gasteiger charge is 2.34. The maximum absolute atomic E-state index is 13.1. The predicted octanol–water partition coefficient (Wildman–Crippen LogP) is 0.729. The Bertz CT molecular complexity index is 1030. The fourth-order valence-electron chi connectivity index (χ4n) is 3.65. The molecule has 1 unspecified atom stereocenters. The van der Waals surface area contributed by atoms with Crippen LogP contribution in [0.25, 0.3) is 11.4 Å². The van der Waals surface area contributed by atoms with Crippen LogP contribution in [0.1, 0.15) is 34.9 Å². The van der Waals surface area contributed by atoms with Gasteiger partial charge in [0, 0.05) is 43.4 Å². The van der Waals surface area contributed by atoms with E-state index in [1.54, 1.807) is 6.07 Å². The Labute approximate surface area is 185 Å². The van der Waals surface area contributed by atoms with Gasteiger partial charge in [0.2, 0.25) is 5.91 Å². The lowest BCUT2D eigenvalue weighted by Gasteiger charge is -2.31. The molecular weight excluding hydrogens is 433 g/mol. The molecule has 32 heavy (non-hydrogen) atoms. The lowest BCUT2D eigenvalue weighted by molar-refractivity contribution is -0.133. The monoisotopic (exact) mass is 459 g/mol. The highest BCUT2D eigenvalue weighted by atomic mass is 31.2. The highest BCUT2D eigenvalue weighted by Crippen LogP contribution is 2.40. The van der Waals surface area contributed by atoms with Crippen molar-refractivity contribution in [2.45, 2.75) is 24.8 Å². The second kappa shape index (κ2) is 9.46. The van der Waals surface area contributed by atoms with Crippen molar-refractivity contribution in [3.8, 4) is 11.4 Å². The summed E-state index contributed by atoms with van der Waals surface area (Å²) >= 11 is 0. The van der Waals surface area contributed by atoms with Crippen molar-refractivity contribution in [1.82, 2.24) is 25.5 Å². The number of benzene rings is 1. The Hall–Kier alpha value is -2.65. The van der Waals surface area contributed by atoms with Crippen LogP contribution in [0, 0.1) is 0 Å². The molecule has 1 aromatic carbocycles. The van der Waals surface area contributed by atoms with Crippen LogP contribution in [0.2, 0.25) is 0 Å². The van der Waals surface area contributed by atoms with Crippen molar-refractivity contribution < 1.29 is 23.9 Å². The maximum Gasteiger partial charge on any atom is 0.328 e. The lowest BCUT2D eigenvalue weighted by Crippen LogP contribution is -2.55. The van der Waals surface area contributed by atoms with Gasteiger partial charge in [0.25, 0.3) is 5.91 Å². The molecule has 1 saturated carbocycles. The molecule has 2 amide bonds. The van der Waals surface area contributed by atoms with Gasteiger partial charge in [0.1, 0.15) is 11.7 Å². The molecule has 0 bridgehead atoms. The molecule has 1 aromatic heterocycles. The number of nitrogens with one attached hydrogen (secondary N) is 2. The van der Waals surface area contributed by atoms with E-state index < -0.39 is 31.6 Å². The second-order valence-corrected chi connectivity index (χ2v) is 9.79. The number of amides is 2. The van der Waals surface area contributed by atoms with Gasteiger partial charge in [-0.25, -0.2) is 9.97 Å². The first-order valence-corrected chi connectivity index (χ1v) is 12.4. The van der Waals surface area contributed by atoms with Gasteiger partial charge in [-0.05, 0) is 18.9 Å². The molecule has 1 aliphatic heterocycles. The topological polar surface area (TPSA) is 145 Å². The van der Waals surface area contributed by atoms with Crippen molar-refractivity contribution >= 4 is 19.4 Å². The molecule has 170 valence electrons. The number of hydrogen-bond donors (Lipinski definition) is 4. The van der Waals surface area contributed by atoms with E-state index in [-0.39, 0.29) is 11.6 Å². The number of carbonyl (C=O) groups is 2. The van der Waals surface area contributed by atoms with E-state index >= 15 is 0 Å². The van der Waals surface area contributed by atoms with E-state index in [0.29, 0.717) is 32.0 Å². The SMILES string of the molecule is O=C(NC(CP(=O)(O)O)C(=O)N1CCNCC1)c1cc(C2CC2)nc(-c2ccccc2)n1. The van der Waals surface area contributed by atoms with Gasteiger partial charge in [-0.15, -0.1) is 0 Å². The molecule has 2 fully saturated rings. The smallest absolute Gasteiger partial charge is 0.328 e. The molecular formula is C21H26N5O5P. The highest BCUT2D eigenvalue weighted by molar-refractivity contribution is 7.51. The summed E-state index contributed by atoms with van der Waals surface area (Å²) in [6.07, 6.45) is 1.19. The maximum atomic E-state index is 13.1. The zero-order valence-electron chi connectivity index (χ0n) is 17.5. The molecule has 0 spiro atoms. The van der Waals surface area contributed by atoms with Gasteiger partial charge in [-0.2, -0.15) is 0 Å². The van der Waals surface area contributed by atoms with Crippen LogP contribution in [0.4, 0.5) is 0 Å². The van der Waals surface area contributed by atoms with E-state index in [1.165, 1.54) is 4.90 Å². The summed E-state index contributed by atoms with van der Waals surface area (Å²) in [5, 5.41) is 5.64. The van der Waals surface area contributed by atoms with Crippen molar-refractivity contribution in [2.75, 3.05) is 32.3 Å². The molecule has 1 atom stereocenters. The van der Waals surface area contributed by atoms with Gasteiger partial charge in [-0.3, -0.25) is 14.2 Å². The standard InChI is InChI=1S/C21H26N5O5P/c27-20(25-18(13-32(29,30)31)21(28)26-10-8-22-9-11-26)17-12-16(14-6-7-14)23-19(24-17)15-4-2-1-3-5-15/h1-5,12,14,18,22H,6-11,13H2,(H,25,27)(H2,29,30,31). The Morgan fingerprint density at radius 2 is 1.84 bits per heavy atom. The first-order chi connectivity index (χ1) is 15.3. The van der Waals surface area contributed by atoms with Crippen molar-refractivity contribution in [2.24, 2.45) is 0 Å². The second-order valence-electron chi connectivity index (χ2n) is 8.09. The van der Waals surface area contributed by atoms with Gasteiger partial charge in [0.05, 0.1) is 6.16 Å². The third-order valence-electron chi connectivity index (χ3n) is 5.46. The summed E-state index contributed by atoms with van der Waals surface area (Å²) in [5.41, 5.74) is 1.58. The van der Waals surface area contributed by atoms with E-state index in [4.69, 9.17) is 0 Å². The zero-order chi connectivity index (χ0) is 22.7. The largest absolute Gasteiger partial charge is 0.338 e. The van der Waals surface area contributed by atoms with Crippen LogP contribution in [0.15, 0.2) is 36.4 Å². The number of hydrogen-bond acceptors (Lipinski definition) is 6. The van der Waals surface area contributed by atoms with E-state index in [0.717, 1.165) is 24.1 Å². The third-order valence-corrected chi connectivity index (χ3v) is 6.30. The van der Waals surface area contributed by atoms with Gasteiger partial charge < -0.3 is 25.3 Å². The fourth-order valence-corrected chi connectivity index (χ4v) is 4.37. The van der Waals surface area contributed by atoms with E-state index in [2.05, 4.69) is 20.6 Å². The van der Waals surface area contributed by atoms with Gasteiger partial charge >= 0.3 is 7.60 Å². The fraction of sp³-hybridized carbons (Fsp3) is 0.429. The molecule has 2 heterocycles. The summed E-state index contributed by atoms with van der Waals surface area (Å²) in [7, 11) is -4.56. The van der Waals surface area contributed by atoms with Crippen molar-refractivity contribution in [3.05, 3.63) is 47.8 Å². The summed E-state index contributed by atoms with van der Waals surface area (Å²) in [5.74, 6) is -0.503. The molecule has 1 saturated heterocycles. The Balaban J connectivity index is 1.60. The first kappa shape index (κ1) is 22.5. The minimum Gasteiger partial charge on any atom is -0.338 e. The van der Waals surface area contributed by atoms with E-state index in [1.807, 2.05) is 30.3 Å². The summed E-state index contributed by atoms with van der Waals surface area (Å²) < 4.78 is 11.7. The van der Waals surface area contributed by atoms with Gasteiger partial charge in [-0.1, -0.05) is 30.3 Å². The third kappa shape index (κ3) is 5.77. The molecule has 4 N–H and O–H groups in total. The molecule has 10 nitrogen and oxygen atoms in total. The number of carbonyl (C=O) groups excluding carboxylic acids is 2. The lowest BCUT2D eigenvalue weighted by atomic mass is 10.1. The zero-order valence-corrected chi connectivity index (χ0v) is 18.4. The molecule has 2 aromatic rings. The minimum atomic E-state index is -4.56. The van der Waals surface area contributed by atoms with Crippen LogP contribution in [0.5, 0.6) is 0 Å². The number of rotatable bonds is 7. The summed E-state index contributed by atoms with van der Waals surface area (Å²) in [6, 6.07) is 9.52. The van der Waals surface area contributed by atoms with Crippen LogP contribution < -0.4 is 10.6 Å². The number of aromatic nitrogens is 2. The minimum absolute atomic E-state index is 0.0737. The molecule has 1 aliphatic carbocycles. The normalized spacial score (nSPS) is 17.6. The van der Waals surface area contributed by atoms with Crippen molar-refractivity contribution in [3.63, 3.8) is 0 Å². The average Bonchev–Trinajstić information content (AvgIpc) is 3.64. The van der Waals surface area contributed by atoms with Crippen molar-refractivity contribution in [1.29, 1.82) is 0 Å².